The zero-order valence-corrected chi connectivity index (χ0v) is 10.4. The van der Waals surface area contributed by atoms with E-state index in [1.807, 2.05) is 19.9 Å². The van der Waals surface area contributed by atoms with Crippen LogP contribution in [0.4, 0.5) is 4.39 Å². The van der Waals surface area contributed by atoms with Crippen LogP contribution in [0.2, 0.25) is 0 Å². The van der Waals surface area contributed by atoms with Crippen LogP contribution in [0.15, 0.2) is 24.3 Å². The predicted molar refractivity (Wildman–Crippen MR) is 65.0 cm³/mol. The van der Waals surface area contributed by atoms with Crippen molar-refractivity contribution in [3.05, 3.63) is 35.6 Å². The van der Waals surface area contributed by atoms with Crippen LogP contribution in [0.1, 0.15) is 26.3 Å². The molecule has 0 aromatic heterocycles. The van der Waals surface area contributed by atoms with Crippen molar-refractivity contribution in [2.75, 3.05) is 7.05 Å². The van der Waals surface area contributed by atoms with Gasteiger partial charge in [-0.15, -0.1) is 0 Å². The van der Waals surface area contributed by atoms with Crippen molar-refractivity contribution in [3.8, 4) is 0 Å². The Morgan fingerprint density at radius 3 is 2.50 bits per heavy atom. The molecule has 0 aliphatic heterocycles. The minimum absolute atomic E-state index is 0.0664. The molecule has 0 aliphatic carbocycles. The number of ketones is 1. The van der Waals surface area contributed by atoms with Crippen molar-refractivity contribution in [3.63, 3.8) is 0 Å². The summed E-state index contributed by atoms with van der Waals surface area (Å²) in [4.78, 5) is 11.1. The highest BCUT2D eigenvalue weighted by atomic mass is 19.1. The number of Topliss-reactive ketones (excluding diaryl/α,β-unsaturated/α-hetero) is 1. The Hall–Kier alpha value is -1.22. The number of rotatable bonds is 4. The fourth-order valence-electron chi connectivity index (χ4n) is 1.35. The Balaban J connectivity index is 0.00000106. The normalized spacial score (nSPS) is 11.3. The zero-order chi connectivity index (χ0) is 12.6. The maximum absolute atomic E-state index is 12.8. The molecule has 1 rings (SSSR count). The molecule has 0 radical (unpaired) electrons. The standard InChI is InChI=1S/C11H14FNO.C2H6/c1-8(14)11(13-2)7-9-4-3-5-10(12)6-9;1-2/h3-6,11,13H,7H2,1-2H3;1-2H3. The summed E-state index contributed by atoms with van der Waals surface area (Å²) in [5.74, 6) is -0.197. The van der Waals surface area contributed by atoms with Gasteiger partial charge in [0.25, 0.3) is 0 Å². The van der Waals surface area contributed by atoms with E-state index in [9.17, 15) is 9.18 Å². The number of carbonyl (C=O) groups excluding carboxylic acids is 1. The molecule has 0 saturated carbocycles. The first kappa shape index (κ1) is 14.8. The van der Waals surface area contributed by atoms with Crippen molar-refractivity contribution in [2.24, 2.45) is 0 Å². The predicted octanol–water partition coefficient (Wildman–Crippen LogP) is 2.57. The van der Waals surface area contributed by atoms with Gasteiger partial charge in [0.05, 0.1) is 6.04 Å². The van der Waals surface area contributed by atoms with Gasteiger partial charge in [-0.25, -0.2) is 4.39 Å². The molecule has 0 spiro atoms. The molecule has 2 nitrogen and oxygen atoms in total. The van der Waals surface area contributed by atoms with Gasteiger partial charge in [-0.05, 0) is 38.1 Å². The van der Waals surface area contributed by atoms with E-state index in [-0.39, 0.29) is 17.6 Å². The van der Waals surface area contributed by atoms with Crippen molar-refractivity contribution >= 4 is 5.78 Å². The van der Waals surface area contributed by atoms with Gasteiger partial charge in [0.2, 0.25) is 0 Å². The number of nitrogens with one attached hydrogen (secondary N) is 1. The smallest absolute Gasteiger partial charge is 0.147 e. The second-order valence-corrected chi connectivity index (χ2v) is 3.29. The van der Waals surface area contributed by atoms with E-state index in [0.29, 0.717) is 6.42 Å². The van der Waals surface area contributed by atoms with Crippen molar-refractivity contribution in [1.29, 1.82) is 0 Å². The zero-order valence-electron chi connectivity index (χ0n) is 10.4. The third kappa shape index (κ3) is 5.03. The van der Waals surface area contributed by atoms with Crippen LogP contribution in [-0.4, -0.2) is 18.9 Å². The molecule has 0 aliphatic rings. The van der Waals surface area contributed by atoms with Crippen LogP contribution in [0, 0.1) is 5.82 Å². The molecule has 0 heterocycles. The number of benzene rings is 1. The van der Waals surface area contributed by atoms with E-state index in [0.717, 1.165) is 5.56 Å². The summed E-state index contributed by atoms with van der Waals surface area (Å²) in [5.41, 5.74) is 0.833. The van der Waals surface area contributed by atoms with Gasteiger partial charge in [0.1, 0.15) is 11.6 Å². The Morgan fingerprint density at radius 1 is 1.44 bits per heavy atom. The number of hydrogen-bond acceptors (Lipinski definition) is 2. The van der Waals surface area contributed by atoms with E-state index >= 15 is 0 Å². The average molecular weight is 225 g/mol. The molecule has 16 heavy (non-hydrogen) atoms. The average Bonchev–Trinajstić information content (AvgIpc) is 2.28. The fourth-order valence-corrected chi connectivity index (χ4v) is 1.35. The van der Waals surface area contributed by atoms with Gasteiger partial charge >= 0.3 is 0 Å². The second kappa shape index (κ2) is 7.99. The molecule has 0 bridgehead atoms. The van der Waals surface area contributed by atoms with Crippen LogP contribution in [0.3, 0.4) is 0 Å². The third-order valence-electron chi connectivity index (χ3n) is 2.17. The summed E-state index contributed by atoms with van der Waals surface area (Å²) in [5, 5.41) is 2.90. The molecular formula is C13H20FNO. The maximum atomic E-state index is 12.8. The quantitative estimate of drug-likeness (QED) is 0.853. The first-order chi connectivity index (χ1) is 7.63. The lowest BCUT2D eigenvalue weighted by Crippen LogP contribution is -2.34. The molecule has 1 atom stereocenters. The number of carbonyl (C=O) groups is 1. The van der Waals surface area contributed by atoms with Crippen LogP contribution in [0.5, 0.6) is 0 Å². The van der Waals surface area contributed by atoms with E-state index in [1.165, 1.54) is 19.1 Å². The summed E-state index contributed by atoms with van der Waals surface area (Å²) in [6.45, 7) is 5.53. The Labute approximate surface area is 96.9 Å². The largest absolute Gasteiger partial charge is 0.310 e. The molecule has 1 unspecified atom stereocenters. The Kier molecular flexibility index (Phi) is 7.38. The summed E-state index contributed by atoms with van der Waals surface area (Å²) in [6, 6.07) is 6.09. The van der Waals surface area contributed by atoms with E-state index in [1.54, 1.807) is 13.1 Å². The monoisotopic (exact) mass is 225 g/mol. The van der Waals surface area contributed by atoms with E-state index in [4.69, 9.17) is 0 Å². The van der Waals surface area contributed by atoms with Gasteiger partial charge in [-0.2, -0.15) is 0 Å². The highest BCUT2D eigenvalue weighted by molar-refractivity contribution is 5.81. The highest BCUT2D eigenvalue weighted by Crippen LogP contribution is 2.06. The lowest BCUT2D eigenvalue weighted by Gasteiger charge is -2.12. The molecule has 1 N–H and O–H groups in total. The van der Waals surface area contributed by atoms with E-state index < -0.39 is 0 Å². The van der Waals surface area contributed by atoms with Crippen LogP contribution in [0.25, 0.3) is 0 Å². The summed E-state index contributed by atoms with van der Waals surface area (Å²) in [6.07, 6.45) is 0.531. The van der Waals surface area contributed by atoms with Crippen LogP contribution >= 0.6 is 0 Å². The first-order valence-electron chi connectivity index (χ1n) is 5.55. The number of halogens is 1. The van der Waals surface area contributed by atoms with Crippen LogP contribution in [-0.2, 0) is 11.2 Å². The van der Waals surface area contributed by atoms with Gasteiger partial charge in [0.15, 0.2) is 0 Å². The van der Waals surface area contributed by atoms with Gasteiger partial charge in [-0.3, -0.25) is 4.79 Å². The number of hydrogen-bond donors (Lipinski definition) is 1. The lowest BCUT2D eigenvalue weighted by atomic mass is 10.0. The van der Waals surface area contributed by atoms with Gasteiger partial charge < -0.3 is 5.32 Å². The highest BCUT2D eigenvalue weighted by Gasteiger charge is 2.11. The van der Waals surface area contributed by atoms with Gasteiger partial charge in [-0.1, -0.05) is 26.0 Å². The minimum atomic E-state index is -0.263. The molecular weight excluding hydrogens is 205 g/mol. The Bertz CT molecular complexity index is 325. The molecule has 0 saturated heterocycles. The summed E-state index contributed by atoms with van der Waals surface area (Å²) < 4.78 is 12.8. The molecule has 0 amide bonds. The topological polar surface area (TPSA) is 29.1 Å². The maximum Gasteiger partial charge on any atom is 0.147 e. The van der Waals surface area contributed by atoms with Crippen LogP contribution < -0.4 is 5.32 Å². The molecule has 90 valence electrons. The SMILES string of the molecule is CC.CNC(Cc1cccc(F)c1)C(C)=O. The molecule has 3 heteroatoms. The first-order valence-corrected chi connectivity index (χ1v) is 5.55. The number of likely N-dealkylation sites (N-methyl/N-ethyl adjacent to an activating group) is 1. The molecule has 0 fully saturated rings. The summed E-state index contributed by atoms with van der Waals surface area (Å²) in [7, 11) is 1.73. The van der Waals surface area contributed by atoms with Crippen molar-refractivity contribution in [1.82, 2.24) is 5.32 Å². The molecule has 1 aromatic carbocycles. The Morgan fingerprint density at radius 2 is 2.06 bits per heavy atom. The third-order valence-corrected chi connectivity index (χ3v) is 2.17. The summed E-state index contributed by atoms with van der Waals surface area (Å²) >= 11 is 0. The van der Waals surface area contributed by atoms with Crippen molar-refractivity contribution in [2.45, 2.75) is 33.2 Å². The minimum Gasteiger partial charge on any atom is -0.310 e. The van der Waals surface area contributed by atoms with Gasteiger partial charge in [0, 0.05) is 0 Å². The molecule has 1 aromatic rings. The van der Waals surface area contributed by atoms with Crippen molar-refractivity contribution < 1.29 is 9.18 Å². The van der Waals surface area contributed by atoms with E-state index in [2.05, 4.69) is 5.32 Å². The fraction of sp³-hybridized carbons (Fsp3) is 0.462. The lowest BCUT2D eigenvalue weighted by molar-refractivity contribution is -0.118. The second-order valence-electron chi connectivity index (χ2n) is 3.29.